The highest BCUT2D eigenvalue weighted by Crippen LogP contribution is 2.24. The van der Waals surface area contributed by atoms with Crippen molar-refractivity contribution in [3.8, 4) is 22.8 Å². The Morgan fingerprint density at radius 2 is 1.18 bits per heavy atom. The molecule has 0 fully saturated rings. The molecule has 0 aliphatic carbocycles. The smallest absolute Gasteiger partial charge is 0.573 e. The minimum atomic E-state index is -4.64. The van der Waals surface area contributed by atoms with E-state index in [2.05, 4.69) is 31.1 Å². The Morgan fingerprint density at radius 1 is 0.761 bits per heavy atom. The van der Waals surface area contributed by atoms with E-state index in [9.17, 15) is 43.5 Å². The summed E-state index contributed by atoms with van der Waals surface area (Å²) in [6, 6.07) is 39.6. The van der Waals surface area contributed by atoms with Gasteiger partial charge in [0.2, 0.25) is 0 Å². The zero-order valence-corrected chi connectivity index (χ0v) is 39.3. The number of aromatic nitrogens is 3. The lowest BCUT2D eigenvalue weighted by Gasteiger charge is -2.08. The van der Waals surface area contributed by atoms with Gasteiger partial charge in [0.1, 0.15) is 17.9 Å². The van der Waals surface area contributed by atoms with Gasteiger partial charge in [0.15, 0.2) is 11.5 Å². The van der Waals surface area contributed by atoms with Crippen LogP contribution in [-0.2, 0) is 11.3 Å². The predicted molar refractivity (Wildman–Crippen MR) is 250 cm³/mol. The second-order valence-electron chi connectivity index (χ2n) is 14.0. The fourth-order valence-corrected chi connectivity index (χ4v) is 5.29. The average Bonchev–Trinajstić information content (AvgIpc) is 3.83. The molecule has 374 valence electrons. The number of aliphatic imine (C=N–C) groups is 1. The van der Waals surface area contributed by atoms with Crippen LogP contribution in [-0.4, -0.2) is 59.0 Å². The summed E-state index contributed by atoms with van der Waals surface area (Å²) in [5.74, 6) is 4.01. The standard InChI is InChI=1S/C15H12N4O2.C15H15N3O2.C8H8N2O2.C7H7F3N2O.CH2O2.2ClH/c1-11-2-6-13(7-3-11)18-10-16-15(17-18)12-4-8-14(9-5-12)19(20)21;1-11-2-4-12(5-3-11)10-17-15(16)13-6-8-14(9-7-13)18(19)20;1-6(9)7-2-4-8(5-3-7)10(11)12;8-7(9,10)13-6-3-1-5(12-11)2-4-6;2-1-3;;/h2-10H,1H3;2-9H,10H2,1H3,(H2,16,17);2-5,9H,1H3;1-4,12H,11H2;1H,(H,2,3);2*1H. The number of non-ortho nitro benzene ring substituents is 3. The summed E-state index contributed by atoms with van der Waals surface area (Å²) in [5.41, 5.74) is 16.5. The van der Waals surface area contributed by atoms with E-state index in [1.165, 1.54) is 71.8 Å². The number of ether oxygens (including phenoxy) is 1. The Hall–Kier alpha value is -8.80. The highest BCUT2D eigenvalue weighted by molar-refractivity contribution is 5.97. The molecule has 20 nitrogen and oxygen atoms in total. The van der Waals surface area contributed by atoms with Crippen LogP contribution < -0.4 is 52.0 Å². The summed E-state index contributed by atoms with van der Waals surface area (Å²) in [6.07, 6.45) is -3.01. The number of carbonyl (C=O) groups is 1. The van der Waals surface area contributed by atoms with Gasteiger partial charge in [-0.2, -0.15) is 0 Å². The highest BCUT2D eigenvalue weighted by Gasteiger charge is 2.31. The van der Waals surface area contributed by atoms with Crippen LogP contribution in [0.1, 0.15) is 34.7 Å². The van der Waals surface area contributed by atoms with Gasteiger partial charge >= 0.3 is 6.36 Å². The van der Waals surface area contributed by atoms with Crippen LogP contribution in [0.2, 0.25) is 0 Å². The Balaban J connectivity index is 0.000000472. The maximum Gasteiger partial charge on any atom is 0.573 e. The summed E-state index contributed by atoms with van der Waals surface area (Å²) in [7, 11) is 0. The molecule has 1 aromatic heterocycles. The minimum Gasteiger partial charge on any atom is -1.00 e. The van der Waals surface area contributed by atoms with Crippen LogP contribution in [0, 0.1) is 44.2 Å². The maximum absolute atomic E-state index is 11.7. The number of quaternary nitrogens is 1. The van der Waals surface area contributed by atoms with E-state index in [1.54, 1.807) is 54.3 Å². The number of carboxylic acid groups (broad SMARTS) is 1. The van der Waals surface area contributed by atoms with Crippen molar-refractivity contribution in [3.63, 3.8) is 0 Å². The van der Waals surface area contributed by atoms with E-state index < -0.39 is 21.1 Å². The van der Waals surface area contributed by atoms with E-state index in [-0.39, 0.29) is 54.1 Å². The molecule has 0 amide bonds. The lowest BCUT2D eigenvalue weighted by molar-refractivity contribution is -0.385. The van der Waals surface area contributed by atoms with Crippen molar-refractivity contribution < 1.29 is 78.6 Å². The number of anilines is 1. The fourth-order valence-electron chi connectivity index (χ4n) is 5.29. The van der Waals surface area contributed by atoms with E-state index in [1.807, 2.05) is 62.4 Å². The first-order valence-corrected chi connectivity index (χ1v) is 19.9. The SMILES string of the molecule is CC(=[NH2+])c1ccc([N+](=O)[O-])cc1.Cc1ccc(-n2cnc(-c3ccc([N+](=O)[O-])cc3)n2)cc1.Cc1ccc(CN=C(N)c2ccc([N+](=O)[O-])cc2)cc1.O=CO.[Cl-].[Cl-].[NH3+]Nc1ccc(OC(F)(F)F)cc1. The molecule has 0 aliphatic rings. The van der Waals surface area contributed by atoms with Gasteiger partial charge in [-0.3, -0.25) is 51.4 Å². The van der Waals surface area contributed by atoms with Crippen molar-refractivity contribution in [2.45, 2.75) is 33.7 Å². The summed E-state index contributed by atoms with van der Waals surface area (Å²) in [5, 5.41) is 48.2. The average molecular weight is 1020 g/mol. The molecule has 0 atom stereocenters. The highest BCUT2D eigenvalue weighted by atomic mass is 35.5. The topological polar surface area (TPSA) is 310 Å². The van der Waals surface area contributed by atoms with E-state index >= 15 is 0 Å². The van der Waals surface area contributed by atoms with Crippen LogP contribution in [0.5, 0.6) is 5.75 Å². The normalized spacial score (nSPS) is 10.1. The molecule has 0 spiro atoms. The third-order valence-corrected chi connectivity index (χ3v) is 8.88. The van der Waals surface area contributed by atoms with E-state index in [4.69, 9.17) is 21.0 Å². The molecule has 0 saturated heterocycles. The quantitative estimate of drug-likeness (QED) is 0.0398. The summed E-state index contributed by atoms with van der Waals surface area (Å²) < 4.78 is 40.4. The van der Waals surface area contributed by atoms with Gasteiger partial charge in [0, 0.05) is 60.0 Å². The number of nitro groups is 3. The maximum atomic E-state index is 11.7. The molecule has 0 unspecified atom stereocenters. The number of alkyl halides is 3. The third kappa shape index (κ3) is 21.4. The second-order valence-corrected chi connectivity index (χ2v) is 14.0. The number of nitro benzene ring substituents is 3. The number of hydrogen-bond donors (Lipinski definition) is 5. The van der Waals surface area contributed by atoms with Gasteiger partial charge in [-0.05, 0) is 92.2 Å². The molecule has 0 aliphatic heterocycles. The lowest BCUT2D eigenvalue weighted by atomic mass is 10.1. The number of hydrogen-bond acceptors (Lipinski definition) is 12. The minimum absolute atomic E-state index is 0. The molecule has 71 heavy (non-hydrogen) atoms. The zero-order chi connectivity index (χ0) is 51.1. The van der Waals surface area contributed by atoms with Crippen molar-refractivity contribution in [2.24, 2.45) is 10.7 Å². The molecule has 6 aromatic carbocycles. The van der Waals surface area contributed by atoms with Crippen molar-refractivity contribution in [1.29, 1.82) is 0 Å². The van der Waals surface area contributed by atoms with Gasteiger partial charge in [0.25, 0.3) is 23.5 Å². The molecular formula is C46H46Cl2F3N11O9. The monoisotopic (exact) mass is 1020 g/mol. The number of aryl methyl sites for hydroxylation is 2. The van der Waals surface area contributed by atoms with E-state index in [0.717, 1.165) is 22.4 Å². The van der Waals surface area contributed by atoms with Gasteiger partial charge < -0.3 is 40.4 Å². The third-order valence-electron chi connectivity index (χ3n) is 8.88. The number of nitrogens with two attached hydrogens (primary N) is 2. The van der Waals surface area contributed by atoms with Crippen molar-refractivity contribution in [1.82, 2.24) is 14.8 Å². The fraction of sp³-hybridized carbons (Fsp3) is 0.109. The van der Waals surface area contributed by atoms with Crippen molar-refractivity contribution in [2.75, 3.05) is 5.43 Å². The number of halogens is 5. The van der Waals surface area contributed by atoms with Crippen LogP contribution in [0.4, 0.5) is 35.9 Å². The molecule has 9 N–H and O–H groups in total. The Kier molecular flexibility index (Phi) is 25.3. The second kappa shape index (κ2) is 29.8. The summed E-state index contributed by atoms with van der Waals surface area (Å²) in [6.45, 7) is 6.04. The molecular weight excluding hydrogens is 978 g/mol. The van der Waals surface area contributed by atoms with Crippen LogP contribution >= 0.6 is 0 Å². The molecule has 0 saturated carbocycles. The molecule has 25 heteroatoms. The molecule has 1 heterocycles. The predicted octanol–water partition coefficient (Wildman–Crippen LogP) is 0.985. The Bertz CT molecular complexity index is 2770. The number of nitrogens with zero attached hydrogens (tertiary/aromatic N) is 7. The first kappa shape index (κ1) is 60.2. The number of rotatable bonds is 11. The van der Waals surface area contributed by atoms with Crippen molar-refractivity contribution in [3.05, 3.63) is 210 Å². The number of benzene rings is 6. The molecule has 0 radical (unpaired) electrons. The first-order chi connectivity index (χ1) is 32.7. The van der Waals surface area contributed by atoms with Gasteiger partial charge in [-0.1, -0.05) is 47.5 Å². The lowest BCUT2D eigenvalue weighted by Crippen LogP contribution is -3.00. The molecule has 7 rings (SSSR count). The first-order valence-electron chi connectivity index (χ1n) is 19.9. The number of nitrogens with one attached hydrogen (secondary N) is 1. The van der Waals surface area contributed by atoms with E-state index in [0.29, 0.717) is 35.2 Å². The molecule has 7 aromatic rings. The van der Waals surface area contributed by atoms with Crippen LogP contribution in [0.15, 0.2) is 157 Å². The van der Waals surface area contributed by atoms with Crippen LogP contribution in [0.25, 0.3) is 17.1 Å². The Morgan fingerprint density at radius 3 is 1.59 bits per heavy atom. The van der Waals surface area contributed by atoms with Crippen LogP contribution in [0.3, 0.4) is 0 Å². The van der Waals surface area contributed by atoms with Gasteiger partial charge in [0.05, 0.1) is 32.7 Å². The summed E-state index contributed by atoms with van der Waals surface area (Å²) >= 11 is 0. The zero-order valence-electron chi connectivity index (χ0n) is 37.8. The Labute approximate surface area is 415 Å². The number of amidine groups is 1. The molecule has 0 bridgehead atoms. The largest absolute Gasteiger partial charge is 1.00 e. The van der Waals surface area contributed by atoms with Crippen molar-refractivity contribution >= 4 is 40.8 Å². The van der Waals surface area contributed by atoms with Gasteiger partial charge in [-0.25, -0.2) is 15.1 Å². The summed E-state index contributed by atoms with van der Waals surface area (Å²) in [4.78, 5) is 47.0. The van der Waals surface area contributed by atoms with Gasteiger partial charge in [-0.15, -0.1) is 18.3 Å².